The van der Waals surface area contributed by atoms with Gasteiger partial charge >= 0.3 is 0 Å². The van der Waals surface area contributed by atoms with Gasteiger partial charge in [0.25, 0.3) is 0 Å². The Bertz CT molecular complexity index is 492. The standard InChI is InChI=1S/C16H21Cl2NO/c1-10-3-2-4-11(10)9-19-15-5-6-20-16-13(15)7-12(17)8-14(16)18/h7-8,10-11,15,19H,2-6,9H2,1H3. The average molecular weight is 314 g/mol. The molecule has 1 aromatic rings. The second-order valence-corrected chi connectivity index (χ2v) is 6.92. The molecule has 1 fully saturated rings. The number of nitrogens with one attached hydrogen (secondary N) is 1. The molecule has 3 atom stereocenters. The highest BCUT2D eigenvalue weighted by atomic mass is 35.5. The van der Waals surface area contributed by atoms with Gasteiger partial charge in [-0.3, -0.25) is 0 Å². The molecule has 110 valence electrons. The Hall–Kier alpha value is -0.440. The van der Waals surface area contributed by atoms with E-state index in [0.717, 1.165) is 36.1 Å². The predicted molar refractivity (Wildman–Crippen MR) is 83.8 cm³/mol. The summed E-state index contributed by atoms with van der Waals surface area (Å²) < 4.78 is 5.70. The zero-order valence-corrected chi connectivity index (χ0v) is 13.3. The van der Waals surface area contributed by atoms with Gasteiger partial charge in [0, 0.05) is 23.0 Å². The van der Waals surface area contributed by atoms with Crippen LogP contribution in [0.15, 0.2) is 12.1 Å². The van der Waals surface area contributed by atoms with E-state index in [1.807, 2.05) is 6.07 Å². The van der Waals surface area contributed by atoms with Gasteiger partial charge in [0.05, 0.1) is 11.6 Å². The van der Waals surface area contributed by atoms with Crippen LogP contribution >= 0.6 is 23.2 Å². The average Bonchev–Trinajstić information content (AvgIpc) is 2.82. The van der Waals surface area contributed by atoms with Gasteiger partial charge in [0.2, 0.25) is 0 Å². The summed E-state index contributed by atoms with van der Waals surface area (Å²) >= 11 is 12.4. The first-order valence-corrected chi connectivity index (χ1v) is 8.26. The number of benzene rings is 1. The van der Waals surface area contributed by atoms with E-state index in [0.29, 0.717) is 22.7 Å². The number of halogens is 2. The summed E-state index contributed by atoms with van der Waals surface area (Å²) in [5.41, 5.74) is 1.11. The van der Waals surface area contributed by atoms with Crippen molar-refractivity contribution < 1.29 is 4.74 Å². The van der Waals surface area contributed by atoms with Crippen LogP contribution < -0.4 is 10.1 Å². The molecular weight excluding hydrogens is 293 g/mol. The Morgan fingerprint density at radius 3 is 2.85 bits per heavy atom. The summed E-state index contributed by atoms with van der Waals surface area (Å²) in [5.74, 6) is 2.44. The summed E-state index contributed by atoms with van der Waals surface area (Å²) in [7, 11) is 0. The third-order valence-corrected chi connectivity index (χ3v) is 5.23. The maximum Gasteiger partial charge on any atom is 0.142 e. The van der Waals surface area contributed by atoms with Gasteiger partial charge in [-0.05, 0) is 36.9 Å². The lowest BCUT2D eigenvalue weighted by Gasteiger charge is -2.29. The smallest absolute Gasteiger partial charge is 0.142 e. The van der Waals surface area contributed by atoms with E-state index < -0.39 is 0 Å². The Morgan fingerprint density at radius 1 is 1.25 bits per heavy atom. The number of hydrogen-bond donors (Lipinski definition) is 1. The molecule has 1 N–H and O–H groups in total. The lowest BCUT2D eigenvalue weighted by Crippen LogP contribution is -2.32. The van der Waals surface area contributed by atoms with Crippen molar-refractivity contribution in [1.29, 1.82) is 0 Å². The Labute approximate surface area is 130 Å². The molecule has 1 saturated carbocycles. The molecule has 0 spiro atoms. The number of fused-ring (bicyclic) bond motifs is 1. The number of rotatable bonds is 3. The topological polar surface area (TPSA) is 21.3 Å². The van der Waals surface area contributed by atoms with Crippen LogP contribution in [0.5, 0.6) is 5.75 Å². The molecule has 2 nitrogen and oxygen atoms in total. The fourth-order valence-corrected chi connectivity index (χ4v) is 4.02. The fourth-order valence-electron chi connectivity index (χ4n) is 3.46. The first-order chi connectivity index (χ1) is 9.65. The van der Waals surface area contributed by atoms with E-state index in [1.165, 1.54) is 19.3 Å². The summed E-state index contributed by atoms with van der Waals surface area (Å²) in [6, 6.07) is 4.05. The minimum absolute atomic E-state index is 0.308. The van der Waals surface area contributed by atoms with E-state index in [9.17, 15) is 0 Å². The lowest BCUT2D eigenvalue weighted by molar-refractivity contribution is 0.244. The predicted octanol–water partition coefficient (Wildman–Crippen LogP) is 4.84. The normalized spacial score (nSPS) is 29.1. The van der Waals surface area contributed by atoms with E-state index in [4.69, 9.17) is 27.9 Å². The molecule has 0 saturated heterocycles. The van der Waals surface area contributed by atoms with Crippen molar-refractivity contribution in [1.82, 2.24) is 5.32 Å². The van der Waals surface area contributed by atoms with Gasteiger partial charge in [0.15, 0.2) is 0 Å². The highest BCUT2D eigenvalue weighted by Gasteiger charge is 2.27. The van der Waals surface area contributed by atoms with Crippen LogP contribution in [0.2, 0.25) is 10.0 Å². The van der Waals surface area contributed by atoms with Gasteiger partial charge in [-0.15, -0.1) is 0 Å². The van der Waals surface area contributed by atoms with Crippen LogP contribution in [-0.4, -0.2) is 13.2 Å². The zero-order valence-electron chi connectivity index (χ0n) is 11.8. The Kier molecular flexibility index (Phi) is 4.44. The molecule has 3 unspecified atom stereocenters. The number of hydrogen-bond acceptors (Lipinski definition) is 2. The molecule has 0 aromatic heterocycles. The monoisotopic (exact) mass is 313 g/mol. The van der Waals surface area contributed by atoms with Crippen LogP contribution in [0.1, 0.15) is 44.2 Å². The molecule has 1 aromatic carbocycles. The zero-order chi connectivity index (χ0) is 14.1. The van der Waals surface area contributed by atoms with Gasteiger partial charge < -0.3 is 10.1 Å². The maximum atomic E-state index is 6.23. The van der Waals surface area contributed by atoms with E-state index >= 15 is 0 Å². The summed E-state index contributed by atoms with van der Waals surface area (Å²) in [6.45, 7) is 4.16. The van der Waals surface area contributed by atoms with Crippen molar-refractivity contribution in [3.05, 3.63) is 27.7 Å². The molecule has 1 aliphatic heterocycles. The highest BCUT2D eigenvalue weighted by molar-refractivity contribution is 6.35. The van der Waals surface area contributed by atoms with Crippen LogP contribution in [0.3, 0.4) is 0 Å². The van der Waals surface area contributed by atoms with Crippen molar-refractivity contribution in [2.45, 2.75) is 38.6 Å². The van der Waals surface area contributed by atoms with Crippen molar-refractivity contribution in [3.63, 3.8) is 0 Å². The van der Waals surface area contributed by atoms with E-state index in [1.54, 1.807) is 6.07 Å². The lowest BCUT2D eigenvalue weighted by atomic mass is 9.95. The molecule has 1 heterocycles. The van der Waals surface area contributed by atoms with E-state index in [2.05, 4.69) is 12.2 Å². The molecule has 2 aliphatic rings. The number of ether oxygens (including phenoxy) is 1. The SMILES string of the molecule is CC1CCCC1CNC1CCOc2c(Cl)cc(Cl)cc21. The molecule has 0 radical (unpaired) electrons. The molecule has 3 rings (SSSR count). The van der Waals surface area contributed by atoms with Crippen LogP contribution in [-0.2, 0) is 0 Å². The summed E-state index contributed by atoms with van der Waals surface area (Å²) in [6.07, 6.45) is 5.06. The molecule has 0 amide bonds. The first kappa shape index (κ1) is 14.5. The van der Waals surface area contributed by atoms with Crippen molar-refractivity contribution >= 4 is 23.2 Å². The molecule has 1 aliphatic carbocycles. The van der Waals surface area contributed by atoms with Gasteiger partial charge in [-0.25, -0.2) is 0 Å². The van der Waals surface area contributed by atoms with Crippen LogP contribution in [0, 0.1) is 11.8 Å². The van der Waals surface area contributed by atoms with Gasteiger partial charge in [-0.1, -0.05) is 43.0 Å². The largest absolute Gasteiger partial charge is 0.492 e. The summed E-state index contributed by atoms with van der Waals surface area (Å²) in [5, 5.41) is 5.01. The Balaban J connectivity index is 1.73. The Morgan fingerprint density at radius 2 is 2.10 bits per heavy atom. The summed E-state index contributed by atoms with van der Waals surface area (Å²) in [4.78, 5) is 0. The van der Waals surface area contributed by atoms with Crippen molar-refractivity contribution in [3.8, 4) is 5.75 Å². The molecule has 4 heteroatoms. The quantitative estimate of drug-likeness (QED) is 0.861. The van der Waals surface area contributed by atoms with Gasteiger partial charge in [0.1, 0.15) is 5.75 Å². The maximum absolute atomic E-state index is 6.23. The van der Waals surface area contributed by atoms with Crippen LogP contribution in [0.25, 0.3) is 0 Å². The molecule has 0 bridgehead atoms. The van der Waals surface area contributed by atoms with Gasteiger partial charge in [-0.2, -0.15) is 0 Å². The molecular formula is C16H21Cl2NO. The highest BCUT2D eigenvalue weighted by Crippen LogP contribution is 2.40. The van der Waals surface area contributed by atoms with E-state index in [-0.39, 0.29) is 0 Å². The first-order valence-electron chi connectivity index (χ1n) is 7.50. The third kappa shape index (κ3) is 2.93. The second-order valence-electron chi connectivity index (χ2n) is 6.07. The van der Waals surface area contributed by atoms with Crippen LogP contribution in [0.4, 0.5) is 0 Å². The minimum Gasteiger partial charge on any atom is -0.492 e. The second kappa shape index (κ2) is 6.13. The van der Waals surface area contributed by atoms with Crippen molar-refractivity contribution in [2.24, 2.45) is 11.8 Å². The fraction of sp³-hybridized carbons (Fsp3) is 0.625. The van der Waals surface area contributed by atoms with Crippen molar-refractivity contribution in [2.75, 3.05) is 13.2 Å². The molecule has 20 heavy (non-hydrogen) atoms. The third-order valence-electron chi connectivity index (χ3n) is 4.73. The minimum atomic E-state index is 0.308.